The number of hydrogen-bond donors (Lipinski definition) is 3. The van der Waals surface area contributed by atoms with Crippen molar-refractivity contribution in [1.82, 2.24) is 0 Å². The van der Waals surface area contributed by atoms with E-state index in [2.05, 4.69) is 4.74 Å². The third kappa shape index (κ3) is 7.84. The first-order chi connectivity index (χ1) is 4.70. The van der Waals surface area contributed by atoms with Crippen molar-refractivity contribution in [3.63, 3.8) is 0 Å². The first kappa shape index (κ1) is 9.84. The van der Waals surface area contributed by atoms with Crippen molar-refractivity contribution in [2.24, 2.45) is 0 Å². The van der Waals surface area contributed by atoms with E-state index in [0.717, 1.165) is 6.61 Å². The predicted molar refractivity (Wildman–Crippen MR) is 35.6 cm³/mol. The summed E-state index contributed by atoms with van der Waals surface area (Å²) in [7, 11) is 0. The van der Waals surface area contributed by atoms with Crippen molar-refractivity contribution in [3.05, 3.63) is 0 Å². The monoisotopic (exact) mass is 150 g/mol. The van der Waals surface area contributed by atoms with E-state index in [0.29, 0.717) is 0 Å². The number of epoxide rings is 1. The molecule has 4 nitrogen and oxygen atoms in total. The molecular weight excluding hydrogens is 136 g/mol. The van der Waals surface area contributed by atoms with E-state index in [-0.39, 0.29) is 19.3 Å². The molecule has 10 heavy (non-hydrogen) atoms. The molecule has 2 atom stereocenters. The first-order valence-corrected chi connectivity index (χ1v) is 3.22. The van der Waals surface area contributed by atoms with Gasteiger partial charge in [-0.05, 0) is 6.92 Å². The molecule has 1 aliphatic rings. The van der Waals surface area contributed by atoms with Gasteiger partial charge in [0, 0.05) is 0 Å². The van der Waals surface area contributed by atoms with Crippen LogP contribution in [0.5, 0.6) is 0 Å². The fourth-order valence-corrected chi connectivity index (χ4v) is 0.173. The maximum Gasteiger partial charge on any atom is 0.104 e. The molecule has 2 unspecified atom stereocenters. The van der Waals surface area contributed by atoms with E-state index in [9.17, 15) is 0 Å². The fraction of sp³-hybridized carbons (Fsp3) is 1.00. The smallest absolute Gasteiger partial charge is 0.104 e. The molecule has 0 spiro atoms. The minimum atomic E-state index is -0.560. The van der Waals surface area contributed by atoms with Crippen molar-refractivity contribution < 1.29 is 20.1 Å². The Morgan fingerprint density at radius 1 is 1.60 bits per heavy atom. The summed E-state index contributed by atoms with van der Waals surface area (Å²) in [6.07, 6.45) is -0.370. The zero-order chi connectivity index (χ0) is 7.98. The normalized spacial score (nSPS) is 24.6. The van der Waals surface area contributed by atoms with Crippen LogP contribution in [0.4, 0.5) is 0 Å². The molecule has 0 bridgehead atoms. The number of aliphatic hydroxyl groups is 3. The van der Waals surface area contributed by atoms with Crippen LogP contribution in [0.1, 0.15) is 6.92 Å². The largest absolute Gasteiger partial charge is 0.394 e. The van der Waals surface area contributed by atoms with Gasteiger partial charge < -0.3 is 20.1 Å². The van der Waals surface area contributed by atoms with Gasteiger partial charge in [0.15, 0.2) is 0 Å². The van der Waals surface area contributed by atoms with Gasteiger partial charge in [-0.3, -0.25) is 0 Å². The Bertz CT molecular complexity index is 68.1. The standard InChI is InChI=1S/C3H6O2.C3H8O2/c4-1-3-2-5-3;1-3(5)2-4/h3-4H,1-2H2;3-5H,2H2,1H3. The molecule has 3 N–H and O–H groups in total. The molecule has 1 rings (SSSR count). The zero-order valence-corrected chi connectivity index (χ0v) is 6.03. The molecule has 0 aromatic rings. The van der Waals surface area contributed by atoms with Crippen LogP contribution in [0.3, 0.4) is 0 Å². The van der Waals surface area contributed by atoms with Crippen molar-refractivity contribution in [1.29, 1.82) is 0 Å². The molecule has 0 aromatic carbocycles. The van der Waals surface area contributed by atoms with Gasteiger partial charge in [-0.1, -0.05) is 0 Å². The quantitative estimate of drug-likeness (QED) is 0.429. The lowest BCUT2D eigenvalue weighted by Crippen LogP contribution is -2.03. The van der Waals surface area contributed by atoms with Gasteiger partial charge >= 0.3 is 0 Å². The van der Waals surface area contributed by atoms with Crippen molar-refractivity contribution >= 4 is 0 Å². The molecule has 0 amide bonds. The average Bonchev–Trinajstić information content (AvgIpc) is 2.70. The second kappa shape index (κ2) is 5.61. The van der Waals surface area contributed by atoms with Crippen LogP contribution in [0.25, 0.3) is 0 Å². The highest BCUT2D eigenvalue weighted by Gasteiger charge is 2.19. The molecule has 0 saturated carbocycles. The van der Waals surface area contributed by atoms with E-state index in [1.54, 1.807) is 0 Å². The van der Waals surface area contributed by atoms with E-state index in [1.165, 1.54) is 6.92 Å². The number of hydrogen-bond acceptors (Lipinski definition) is 4. The number of aliphatic hydroxyl groups excluding tert-OH is 3. The maximum atomic E-state index is 8.11. The highest BCUT2D eigenvalue weighted by Crippen LogP contribution is 2.04. The first-order valence-electron chi connectivity index (χ1n) is 3.22. The van der Waals surface area contributed by atoms with Crippen LogP contribution < -0.4 is 0 Å². The van der Waals surface area contributed by atoms with Gasteiger partial charge in [-0.25, -0.2) is 0 Å². The molecule has 1 aliphatic heterocycles. The lowest BCUT2D eigenvalue weighted by molar-refractivity contribution is 0.110. The maximum absolute atomic E-state index is 8.11. The Kier molecular flexibility index (Phi) is 5.52. The van der Waals surface area contributed by atoms with Gasteiger partial charge in [0.05, 0.1) is 25.9 Å². The van der Waals surface area contributed by atoms with E-state index in [1.807, 2.05) is 0 Å². The predicted octanol–water partition coefficient (Wildman–Crippen LogP) is -1.26. The Hall–Kier alpha value is -0.160. The summed E-state index contributed by atoms with van der Waals surface area (Å²) in [6, 6.07) is 0. The average molecular weight is 150 g/mol. The molecular formula is C6H14O4. The zero-order valence-electron chi connectivity index (χ0n) is 6.03. The summed E-state index contributed by atoms with van der Waals surface area (Å²) >= 11 is 0. The Morgan fingerprint density at radius 2 is 2.00 bits per heavy atom. The molecule has 1 saturated heterocycles. The van der Waals surface area contributed by atoms with E-state index >= 15 is 0 Å². The summed E-state index contributed by atoms with van der Waals surface area (Å²) in [5, 5.41) is 24.1. The number of rotatable bonds is 2. The van der Waals surface area contributed by atoms with Crippen LogP contribution in [0.15, 0.2) is 0 Å². The minimum absolute atomic E-state index is 0.139. The molecule has 1 heterocycles. The van der Waals surface area contributed by atoms with Crippen LogP contribution in [0, 0.1) is 0 Å². The highest BCUT2D eigenvalue weighted by molar-refractivity contribution is 4.65. The van der Waals surface area contributed by atoms with E-state index < -0.39 is 6.10 Å². The fourth-order valence-electron chi connectivity index (χ4n) is 0.173. The Morgan fingerprint density at radius 3 is 2.00 bits per heavy atom. The highest BCUT2D eigenvalue weighted by atomic mass is 16.6. The van der Waals surface area contributed by atoms with Crippen molar-refractivity contribution in [2.45, 2.75) is 19.1 Å². The second-order valence-electron chi connectivity index (χ2n) is 2.17. The van der Waals surface area contributed by atoms with Crippen molar-refractivity contribution in [2.75, 3.05) is 19.8 Å². The number of ether oxygens (including phenoxy) is 1. The van der Waals surface area contributed by atoms with Gasteiger partial charge in [-0.2, -0.15) is 0 Å². The summed E-state index contributed by atoms with van der Waals surface area (Å²) in [5.41, 5.74) is 0. The van der Waals surface area contributed by atoms with Crippen LogP contribution in [-0.2, 0) is 4.74 Å². The van der Waals surface area contributed by atoms with Crippen LogP contribution in [-0.4, -0.2) is 47.3 Å². The Balaban J connectivity index is 0.000000162. The van der Waals surface area contributed by atoms with Crippen molar-refractivity contribution in [3.8, 4) is 0 Å². The van der Waals surface area contributed by atoms with Gasteiger partial charge in [0.25, 0.3) is 0 Å². The van der Waals surface area contributed by atoms with Gasteiger partial charge in [-0.15, -0.1) is 0 Å². The second-order valence-corrected chi connectivity index (χ2v) is 2.17. The molecule has 1 fully saturated rings. The van der Waals surface area contributed by atoms with Crippen LogP contribution >= 0.6 is 0 Å². The third-order valence-electron chi connectivity index (χ3n) is 0.870. The summed E-state index contributed by atoms with van der Waals surface area (Å²) in [4.78, 5) is 0. The lowest BCUT2D eigenvalue weighted by atomic mass is 10.5. The molecule has 0 aliphatic carbocycles. The molecule has 4 heteroatoms. The van der Waals surface area contributed by atoms with Gasteiger partial charge in [0.1, 0.15) is 6.10 Å². The molecule has 0 aromatic heterocycles. The summed E-state index contributed by atoms with van der Waals surface area (Å²) in [5.74, 6) is 0. The minimum Gasteiger partial charge on any atom is -0.394 e. The molecule has 62 valence electrons. The molecule has 0 radical (unpaired) electrons. The van der Waals surface area contributed by atoms with Crippen LogP contribution in [0.2, 0.25) is 0 Å². The lowest BCUT2D eigenvalue weighted by Gasteiger charge is -1.90. The Labute approximate surface area is 60.1 Å². The van der Waals surface area contributed by atoms with E-state index in [4.69, 9.17) is 15.3 Å². The topological polar surface area (TPSA) is 73.2 Å². The van der Waals surface area contributed by atoms with Gasteiger partial charge in [0.2, 0.25) is 0 Å². The summed E-state index contributed by atoms with van der Waals surface area (Å²) < 4.78 is 4.61. The summed E-state index contributed by atoms with van der Waals surface area (Å²) in [6.45, 7) is 2.34. The SMILES string of the molecule is CC(O)CO.OCC1CO1. The third-order valence-corrected chi connectivity index (χ3v) is 0.870.